The number of carbonyl (C=O) groups is 1. The number of benzene rings is 1. The Balaban J connectivity index is 2.15. The minimum Gasteiger partial charge on any atom is -0.380 e. The molecule has 1 amide bonds. The van der Waals surface area contributed by atoms with Crippen molar-refractivity contribution in [1.29, 1.82) is 0 Å². The van der Waals surface area contributed by atoms with Gasteiger partial charge in [-0.25, -0.2) is 0 Å². The maximum Gasteiger partial charge on any atom is 0.418 e. The number of alkyl halides is 3. The molecule has 0 saturated carbocycles. The van der Waals surface area contributed by atoms with Crippen LogP contribution in [0.5, 0.6) is 0 Å². The van der Waals surface area contributed by atoms with Crippen molar-refractivity contribution in [3.63, 3.8) is 0 Å². The average Bonchev–Trinajstić information content (AvgIpc) is 2.68. The Morgan fingerprint density at radius 2 is 2.20 bits per heavy atom. The van der Waals surface area contributed by atoms with Gasteiger partial charge in [0, 0.05) is 17.5 Å². The molecule has 2 rings (SSSR count). The summed E-state index contributed by atoms with van der Waals surface area (Å²) in [5.74, 6) is -0.232. The normalized spacial score (nSPS) is 17.6. The number of fused-ring (bicyclic) bond motifs is 1. The lowest BCUT2D eigenvalue weighted by Crippen LogP contribution is -2.26. The Bertz CT molecular complexity index is 572. The number of hydrogen-bond acceptors (Lipinski definition) is 4. The standard InChI is InChI=1S/C12H11F3N2O2S/c1-6(18)16-7-2-3-8-9(4-7)20-11(17-8)5-10(19)12(13,14)15/h2-5,10,17,19H,1H3,(H,16,18)/b11-5+. The maximum atomic E-state index is 12.3. The van der Waals surface area contributed by atoms with E-state index in [4.69, 9.17) is 5.11 Å². The monoisotopic (exact) mass is 304 g/mol. The lowest BCUT2D eigenvalue weighted by atomic mass is 10.2. The number of thioether (sulfide) groups is 1. The Morgan fingerprint density at radius 3 is 2.80 bits per heavy atom. The summed E-state index contributed by atoms with van der Waals surface area (Å²) in [6.07, 6.45) is -6.49. The molecule has 0 fully saturated rings. The molecule has 1 unspecified atom stereocenters. The third-order valence-electron chi connectivity index (χ3n) is 2.42. The van der Waals surface area contributed by atoms with Gasteiger partial charge < -0.3 is 15.7 Å². The van der Waals surface area contributed by atoms with Gasteiger partial charge in [-0.15, -0.1) is 0 Å². The number of halogens is 3. The molecule has 0 bridgehead atoms. The SMILES string of the molecule is CC(=O)Nc1ccc2c(c1)S/C(=C/C(O)C(F)(F)F)N2. The van der Waals surface area contributed by atoms with Crippen LogP contribution in [0.15, 0.2) is 34.2 Å². The quantitative estimate of drug-likeness (QED) is 0.786. The molecule has 1 aliphatic rings. The van der Waals surface area contributed by atoms with E-state index in [0.717, 1.165) is 11.8 Å². The molecule has 1 atom stereocenters. The van der Waals surface area contributed by atoms with Gasteiger partial charge in [-0.2, -0.15) is 13.2 Å². The summed E-state index contributed by atoms with van der Waals surface area (Å²) in [4.78, 5) is 11.6. The second-order valence-corrected chi connectivity index (χ2v) is 5.22. The first-order chi connectivity index (χ1) is 9.25. The molecule has 0 saturated heterocycles. The Labute approximate surface area is 117 Å². The van der Waals surface area contributed by atoms with E-state index in [9.17, 15) is 18.0 Å². The Morgan fingerprint density at radius 1 is 1.50 bits per heavy atom. The first-order valence-electron chi connectivity index (χ1n) is 5.59. The number of anilines is 2. The van der Waals surface area contributed by atoms with Crippen LogP contribution in [0.4, 0.5) is 24.5 Å². The van der Waals surface area contributed by atoms with Gasteiger partial charge in [-0.05, 0) is 24.3 Å². The van der Waals surface area contributed by atoms with Crippen LogP contribution in [0.25, 0.3) is 0 Å². The van der Waals surface area contributed by atoms with Gasteiger partial charge in [0.15, 0.2) is 6.10 Å². The van der Waals surface area contributed by atoms with Crippen molar-refractivity contribution in [3.05, 3.63) is 29.3 Å². The number of aliphatic hydroxyl groups is 1. The van der Waals surface area contributed by atoms with E-state index >= 15 is 0 Å². The fourth-order valence-electron chi connectivity index (χ4n) is 1.58. The van der Waals surface area contributed by atoms with Gasteiger partial charge in [-0.1, -0.05) is 11.8 Å². The Kier molecular flexibility index (Phi) is 3.96. The van der Waals surface area contributed by atoms with Crippen LogP contribution >= 0.6 is 11.8 Å². The van der Waals surface area contributed by atoms with Crippen molar-refractivity contribution >= 4 is 29.0 Å². The molecule has 1 aliphatic heterocycles. The fraction of sp³-hybridized carbons (Fsp3) is 0.250. The molecular formula is C12H11F3N2O2S. The minimum absolute atomic E-state index is 0.199. The molecule has 0 radical (unpaired) electrons. The van der Waals surface area contributed by atoms with E-state index in [1.54, 1.807) is 18.2 Å². The number of nitrogens with one attached hydrogen (secondary N) is 2. The number of amides is 1. The van der Waals surface area contributed by atoms with Crippen LogP contribution in [0, 0.1) is 0 Å². The fourth-order valence-corrected chi connectivity index (χ4v) is 2.59. The van der Waals surface area contributed by atoms with Crippen LogP contribution in [0.1, 0.15) is 6.92 Å². The van der Waals surface area contributed by atoms with Crippen LogP contribution in [-0.4, -0.2) is 23.3 Å². The predicted octanol–water partition coefficient (Wildman–Crippen LogP) is 2.93. The molecule has 1 aromatic rings. The summed E-state index contributed by atoms with van der Waals surface area (Å²) in [5.41, 5.74) is 1.19. The summed E-state index contributed by atoms with van der Waals surface area (Å²) >= 11 is 1.06. The van der Waals surface area contributed by atoms with E-state index < -0.39 is 12.3 Å². The summed E-state index contributed by atoms with van der Waals surface area (Å²) < 4.78 is 36.8. The van der Waals surface area contributed by atoms with E-state index in [1.807, 2.05) is 0 Å². The molecule has 0 spiro atoms. The molecule has 4 nitrogen and oxygen atoms in total. The highest BCUT2D eigenvalue weighted by atomic mass is 32.2. The van der Waals surface area contributed by atoms with Crippen molar-refractivity contribution < 1.29 is 23.1 Å². The average molecular weight is 304 g/mol. The third kappa shape index (κ3) is 3.45. The van der Waals surface area contributed by atoms with Gasteiger partial charge in [0.05, 0.1) is 10.7 Å². The van der Waals surface area contributed by atoms with Crippen molar-refractivity contribution in [2.24, 2.45) is 0 Å². The van der Waals surface area contributed by atoms with Gasteiger partial charge >= 0.3 is 6.18 Å². The van der Waals surface area contributed by atoms with Crippen molar-refractivity contribution in [1.82, 2.24) is 0 Å². The zero-order chi connectivity index (χ0) is 14.9. The van der Waals surface area contributed by atoms with E-state index in [-0.39, 0.29) is 10.9 Å². The molecule has 108 valence electrons. The third-order valence-corrected chi connectivity index (χ3v) is 3.44. The van der Waals surface area contributed by atoms with E-state index in [2.05, 4.69) is 10.6 Å². The maximum absolute atomic E-state index is 12.3. The van der Waals surface area contributed by atoms with Crippen LogP contribution in [0.2, 0.25) is 0 Å². The van der Waals surface area contributed by atoms with E-state index in [1.165, 1.54) is 6.92 Å². The van der Waals surface area contributed by atoms with Crippen LogP contribution < -0.4 is 10.6 Å². The molecule has 0 aliphatic carbocycles. The molecule has 8 heteroatoms. The second-order valence-electron chi connectivity index (χ2n) is 4.14. The predicted molar refractivity (Wildman–Crippen MR) is 70.4 cm³/mol. The second kappa shape index (κ2) is 5.37. The highest BCUT2D eigenvalue weighted by Crippen LogP contribution is 2.42. The summed E-state index contributed by atoms with van der Waals surface area (Å²) in [6, 6.07) is 4.93. The van der Waals surface area contributed by atoms with Gasteiger partial charge in [0.25, 0.3) is 0 Å². The van der Waals surface area contributed by atoms with Crippen molar-refractivity contribution in [2.45, 2.75) is 24.1 Å². The molecule has 20 heavy (non-hydrogen) atoms. The van der Waals surface area contributed by atoms with Crippen LogP contribution in [-0.2, 0) is 4.79 Å². The van der Waals surface area contributed by atoms with Crippen molar-refractivity contribution in [2.75, 3.05) is 10.6 Å². The zero-order valence-corrected chi connectivity index (χ0v) is 11.1. The van der Waals surface area contributed by atoms with Crippen molar-refractivity contribution in [3.8, 4) is 0 Å². The highest BCUT2D eigenvalue weighted by Gasteiger charge is 2.37. The lowest BCUT2D eigenvalue weighted by Gasteiger charge is -2.10. The highest BCUT2D eigenvalue weighted by molar-refractivity contribution is 8.03. The smallest absolute Gasteiger partial charge is 0.380 e. The number of carbonyl (C=O) groups excluding carboxylic acids is 1. The van der Waals surface area contributed by atoms with Crippen LogP contribution in [0.3, 0.4) is 0 Å². The van der Waals surface area contributed by atoms with Gasteiger partial charge in [0.1, 0.15) is 0 Å². The number of rotatable bonds is 2. The van der Waals surface area contributed by atoms with Gasteiger partial charge in [0.2, 0.25) is 5.91 Å². The number of aliphatic hydroxyl groups excluding tert-OH is 1. The van der Waals surface area contributed by atoms with Gasteiger partial charge in [-0.3, -0.25) is 4.79 Å². The summed E-state index contributed by atoms with van der Waals surface area (Å²) in [7, 11) is 0. The zero-order valence-electron chi connectivity index (χ0n) is 10.3. The minimum atomic E-state index is -4.69. The topological polar surface area (TPSA) is 61.4 Å². The molecular weight excluding hydrogens is 293 g/mol. The molecule has 1 heterocycles. The van der Waals surface area contributed by atoms with E-state index in [0.29, 0.717) is 22.3 Å². The molecule has 3 N–H and O–H groups in total. The summed E-state index contributed by atoms with van der Waals surface area (Å²) in [5, 5.41) is 14.5. The summed E-state index contributed by atoms with van der Waals surface area (Å²) in [6.45, 7) is 1.36. The first kappa shape index (κ1) is 14.7. The molecule has 1 aromatic carbocycles. The lowest BCUT2D eigenvalue weighted by molar-refractivity contribution is -0.187. The number of hydrogen-bond donors (Lipinski definition) is 3. The largest absolute Gasteiger partial charge is 0.418 e. The Hall–Kier alpha value is -1.67. The molecule has 0 aromatic heterocycles. The first-order valence-corrected chi connectivity index (χ1v) is 6.40.